The van der Waals surface area contributed by atoms with E-state index in [1.807, 2.05) is 0 Å². The first kappa shape index (κ1) is 17.9. The van der Waals surface area contributed by atoms with Gasteiger partial charge >= 0.3 is 0 Å². The molecular formula is C16H17FN2O5S. The Hall–Kier alpha value is -1.94. The van der Waals surface area contributed by atoms with E-state index in [0.717, 1.165) is 17.8 Å². The molecule has 3 N–H and O–H groups in total. The van der Waals surface area contributed by atoms with E-state index >= 15 is 0 Å². The van der Waals surface area contributed by atoms with Gasteiger partial charge in [0.25, 0.3) is 0 Å². The van der Waals surface area contributed by atoms with Crippen molar-refractivity contribution in [3.05, 3.63) is 36.4 Å². The van der Waals surface area contributed by atoms with Crippen molar-refractivity contribution in [1.82, 2.24) is 9.97 Å². The minimum Gasteiger partial charge on any atom is -0.481 e. The van der Waals surface area contributed by atoms with Crippen molar-refractivity contribution in [1.29, 1.82) is 0 Å². The fraction of sp³-hybridized carbons (Fsp3) is 0.375. The Bertz CT molecular complexity index is 750. The Morgan fingerprint density at radius 3 is 2.76 bits per heavy atom. The summed E-state index contributed by atoms with van der Waals surface area (Å²) in [5.74, 6) is -0.0918. The van der Waals surface area contributed by atoms with E-state index in [0.29, 0.717) is 5.56 Å². The van der Waals surface area contributed by atoms with E-state index in [1.54, 1.807) is 12.1 Å². The maximum Gasteiger partial charge on any atom is 0.222 e. The molecule has 2 aromatic rings. The second-order valence-electron chi connectivity index (χ2n) is 5.43. The maximum atomic E-state index is 14.5. The lowest BCUT2D eigenvalue weighted by Crippen LogP contribution is -2.50. The fourth-order valence-corrected chi connectivity index (χ4v) is 3.56. The largest absolute Gasteiger partial charge is 0.481 e. The minimum absolute atomic E-state index is 0.0598. The molecule has 0 saturated carbocycles. The molecule has 3 heterocycles. The van der Waals surface area contributed by atoms with Crippen LogP contribution in [0.4, 0.5) is 4.39 Å². The Labute approximate surface area is 147 Å². The predicted octanol–water partition coefficient (Wildman–Crippen LogP) is 0.826. The molecule has 0 spiro atoms. The number of halogens is 1. The SMILES string of the molecule is COc1ncccc1-c1ncc(O[C@H]2SC[C@@H](O)[C@H](O)[C@H]2O)cc1F. The highest BCUT2D eigenvalue weighted by molar-refractivity contribution is 7.99. The number of aliphatic hydroxyl groups excluding tert-OH is 3. The molecule has 0 bridgehead atoms. The molecule has 0 aromatic carbocycles. The average molecular weight is 368 g/mol. The molecule has 2 aromatic heterocycles. The zero-order valence-corrected chi connectivity index (χ0v) is 14.1. The van der Waals surface area contributed by atoms with Crippen molar-refractivity contribution in [2.75, 3.05) is 12.9 Å². The maximum absolute atomic E-state index is 14.5. The molecule has 1 aliphatic rings. The number of nitrogens with zero attached hydrogens (tertiary/aromatic N) is 2. The molecule has 0 amide bonds. The van der Waals surface area contributed by atoms with E-state index in [2.05, 4.69) is 9.97 Å². The lowest BCUT2D eigenvalue weighted by Gasteiger charge is -2.34. The van der Waals surface area contributed by atoms with Crippen molar-refractivity contribution in [3.8, 4) is 22.9 Å². The first-order valence-corrected chi connectivity index (χ1v) is 8.53. The van der Waals surface area contributed by atoms with Gasteiger partial charge in [-0.3, -0.25) is 0 Å². The van der Waals surface area contributed by atoms with Gasteiger partial charge in [-0.15, -0.1) is 11.8 Å². The molecule has 9 heteroatoms. The summed E-state index contributed by atoms with van der Waals surface area (Å²) in [5, 5.41) is 29.2. The number of ether oxygens (including phenoxy) is 2. The Balaban J connectivity index is 1.81. The van der Waals surface area contributed by atoms with Crippen LogP contribution in [0.15, 0.2) is 30.6 Å². The number of methoxy groups -OCH3 is 1. The van der Waals surface area contributed by atoms with Crippen LogP contribution in [0.5, 0.6) is 11.6 Å². The van der Waals surface area contributed by atoms with Gasteiger partial charge in [0.05, 0.1) is 25.0 Å². The number of thioether (sulfide) groups is 1. The normalized spacial score (nSPS) is 26.3. The topological polar surface area (TPSA) is 105 Å². The first-order chi connectivity index (χ1) is 12.0. The number of aromatic nitrogens is 2. The van der Waals surface area contributed by atoms with E-state index in [4.69, 9.17) is 9.47 Å². The number of pyridine rings is 2. The molecule has 7 nitrogen and oxygen atoms in total. The third kappa shape index (κ3) is 3.69. The number of aliphatic hydroxyl groups is 3. The van der Waals surface area contributed by atoms with Gasteiger partial charge in [0.15, 0.2) is 11.3 Å². The van der Waals surface area contributed by atoms with Crippen LogP contribution in [0, 0.1) is 5.82 Å². The number of hydrogen-bond acceptors (Lipinski definition) is 8. The highest BCUT2D eigenvalue weighted by Gasteiger charge is 2.38. The molecule has 134 valence electrons. The van der Waals surface area contributed by atoms with Gasteiger partial charge in [0.1, 0.15) is 23.7 Å². The molecule has 3 rings (SSSR count). The zero-order chi connectivity index (χ0) is 18.0. The van der Waals surface area contributed by atoms with Crippen molar-refractivity contribution in [2.24, 2.45) is 0 Å². The van der Waals surface area contributed by atoms with Gasteiger partial charge in [-0.1, -0.05) is 0 Å². The van der Waals surface area contributed by atoms with Gasteiger partial charge in [-0.25, -0.2) is 14.4 Å². The van der Waals surface area contributed by atoms with Crippen LogP contribution in [0.3, 0.4) is 0 Å². The average Bonchev–Trinajstić information content (AvgIpc) is 2.62. The van der Waals surface area contributed by atoms with Gasteiger partial charge in [-0.05, 0) is 12.1 Å². The number of rotatable bonds is 4. The summed E-state index contributed by atoms with van der Waals surface area (Å²) in [6.07, 6.45) is -0.803. The molecular weight excluding hydrogens is 351 g/mol. The van der Waals surface area contributed by atoms with Crippen LogP contribution in [0.2, 0.25) is 0 Å². The standard InChI is InChI=1S/C16H17FN2O5S/c1-23-15-9(3-2-4-18-15)12-10(17)5-8(6-19-12)24-16-14(22)13(21)11(20)7-25-16/h2-6,11,13-14,16,20-22H,7H2,1H3/t11-,13+,14-,16+/m1/s1. The smallest absolute Gasteiger partial charge is 0.222 e. The van der Waals surface area contributed by atoms with Gasteiger partial charge in [0.2, 0.25) is 5.88 Å². The predicted molar refractivity (Wildman–Crippen MR) is 88.9 cm³/mol. The quantitative estimate of drug-likeness (QED) is 0.729. The van der Waals surface area contributed by atoms with E-state index in [9.17, 15) is 19.7 Å². The van der Waals surface area contributed by atoms with E-state index in [1.165, 1.54) is 19.5 Å². The Kier molecular flexibility index (Phi) is 5.38. The van der Waals surface area contributed by atoms with Crippen LogP contribution in [0.25, 0.3) is 11.3 Å². The molecule has 0 aliphatic carbocycles. The van der Waals surface area contributed by atoms with Gasteiger partial charge in [0, 0.05) is 18.0 Å². The van der Waals surface area contributed by atoms with E-state index < -0.39 is 29.6 Å². The summed E-state index contributed by atoms with van der Waals surface area (Å²) in [6, 6.07) is 4.42. The zero-order valence-electron chi connectivity index (χ0n) is 13.2. The summed E-state index contributed by atoms with van der Waals surface area (Å²) >= 11 is 1.13. The second-order valence-corrected chi connectivity index (χ2v) is 6.56. The van der Waals surface area contributed by atoms with Crippen molar-refractivity contribution in [3.63, 3.8) is 0 Å². The minimum atomic E-state index is -1.32. The van der Waals surface area contributed by atoms with Gasteiger partial charge in [-0.2, -0.15) is 0 Å². The van der Waals surface area contributed by atoms with Crippen molar-refractivity contribution in [2.45, 2.75) is 23.7 Å². The Morgan fingerprint density at radius 1 is 1.24 bits per heavy atom. The Morgan fingerprint density at radius 2 is 2.04 bits per heavy atom. The van der Waals surface area contributed by atoms with Crippen LogP contribution >= 0.6 is 11.8 Å². The van der Waals surface area contributed by atoms with Crippen LogP contribution in [0.1, 0.15) is 0 Å². The molecule has 1 aliphatic heterocycles. The first-order valence-electron chi connectivity index (χ1n) is 7.48. The summed E-state index contributed by atoms with van der Waals surface area (Å²) in [5.41, 5.74) is -0.373. The number of hydrogen-bond donors (Lipinski definition) is 3. The summed E-state index contributed by atoms with van der Waals surface area (Å²) in [7, 11) is 1.43. The second kappa shape index (κ2) is 7.52. The highest BCUT2D eigenvalue weighted by Crippen LogP contribution is 2.32. The van der Waals surface area contributed by atoms with E-state index in [-0.39, 0.29) is 23.1 Å². The lowest BCUT2D eigenvalue weighted by atomic mass is 10.1. The summed E-state index contributed by atoms with van der Waals surface area (Å²) in [4.78, 5) is 8.07. The van der Waals surface area contributed by atoms with Crippen molar-refractivity contribution < 1.29 is 29.2 Å². The third-order valence-electron chi connectivity index (χ3n) is 3.74. The summed E-state index contributed by atoms with van der Waals surface area (Å²) < 4.78 is 25.1. The molecule has 0 unspecified atom stereocenters. The monoisotopic (exact) mass is 368 g/mol. The lowest BCUT2D eigenvalue weighted by molar-refractivity contribution is -0.0786. The molecule has 1 fully saturated rings. The molecule has 0 radical (unpaired) electrons. The summed E-state index contributed by atoms with van der Waals surface area (Å²) in [6.45, 7) is 0. The molecule has 25 heavy (non-hydrogen) atoms. The fourth-order valence-electron chi connectivity index (χ4n) is 2.43. The third-order valence-corrected chi connectivity index (χ3v) is 4.98. The molecule has 1 saturated heterocycles. The molecule has 4 atom stereocenters. The van der Waals surface area contributed by atoms with Crippen molar-refractivity contribution >= 4 is 11.8 Å². The van der Waals surface area contributed by atoms with Gasteiger partial charge < -0.3 is 24.8 Å². The van der Waals surface area contributed by atoms with Crippen LogP contribution < -0.4 is 9.47 Å². The van der Waals surface area contributed by atoms with Crippen LogP contribution in [-0.2, 0) is 0 Å². The highest BCUT2D eigenvalue weighted by atomic mass is 32.2. The van der Waals surface area contributed by atoms with Crippen LogP contribution in [-0.4, -0.2) is 61.9 Å².